The molecule has 1 aliphatic rings. The first-order chi connectivity index (χ1) is 15.1. The topological polar surface area (TPSA) is 163 Å². The van der Waals surface area contributed by atoms with Crippen LogP contribution >= 0.6 is 23.5 Å². The molecule has 1 aromatic rings. The first kappa shape index (κ1) is 27.1. The molecule has 13 heteroatoms. The third-order valence-corrected chi connectivity index (χ3v) is 6.97. The minimum atomic E-state index is -4.68. The molecule has 1 fully saturated rings. The zero-order valence-electron chi connectivity index (χ0n) is 17.3. The summed E-state index contributed by atoms with van der Waals surface area (Å²) >= 11 is 2.35. The Labute approximate surface area is 195 Å². The van der Waals surface area contributed by atoms with Crippen molar-refractivity contribution < 1.29 is 42.6 Å². The lowest BCUT2D eigenvalue weighted by atomic mass is 10.0. The largest absolute Gasteiger partial charge is 0.459 e. The van der Waals surface area contributed by atoms with Gasteiger partial charge in [-0.1, -0.05) is 30.0 Å². The van der Waals surface area contributed by atoms with Crippen molar-refractivity contribution in [2.75, 3.05) is 18.6 Å². The van der Waals surface area contributed by atoms with E-state index in [1.807, 2.05) is 6.26 Å². The van der Waals surface area contributed by atoms with Gasteiger partial charge in [0.05, 0.1) is 10.6 Å². The van der Waals surface area contributed by atoms with E-state index in [0.717, 1.165) is 23.9 Å². The molecule has 4 N–H and O–H groups in total. The molecular weight excluding hydrogens is 482 g/mol. The molecule has 2 rings (SSSR count). The van der Waals surface area contributed by atoms with Crippen LogP contribution in [-0.4, -0.2) is 87.8 Å². The van der Waals surface area contributed by atoms with Gasteiger partial charge in [0.25, 0.3) is 0 Å². The molecule has 0 spiro atoms. The van der Waals surface area contributed by atoms with Gasteiger partial charge in [0.15, 0.2) is 0 Å². The second-order valence-corrected chi connectivity index (χ2v) is 10.2. The maximum absolute atomic E-state index is 12.1. The summed E-state index contributed by atoms with van der Waals surface area (Å²) < 4.78 is 45.7. The molecule has 180 valence electrons. The predicted molar refractivity (Wildman–Crippen MR) is 122 cm³/mol. The Balaban J connectivity index is 2.06. The Kier molecular flexibility index (Phi) is 10.9. The van der Waals surface area contributed by atoms with Crippen molar-refractivity contribution in [1.29, 1.82) is 0 Å². The minimum Gasteiger partial charge on any atom is -0.459 e. The molecule has 1 saturated heterocycles. The highest BCUT2D eigenvalue weighted by Gasteiger charge is 2.45. The lowest BCUT2D eigenvalue weighted by Gasteiger charge is -2.40. The number of unbranched alkanes of at least 4 members (excludes halogenated alkanes) is 1. The maximum atomic E-state index is 12.1. The van der Waals surface area contributed by atoms with Gasteiger partial charge in [0.1, 0.15) is 36.5 Å². The zero-order valence-corrected chi connectivity index (χ0v) is 19.8. The summed E-state index contributed by atoms with van der Waals surface area (Å²) in [5.74, 6) is 0.195. The molecule has 1 heterocycles. The molecular formula is C19H27NO9S3. The molecule has 32 heavy (non-hydrogen) atoms. The van der Waals surface area contributed by atoms with E-state index >= 15 is 0 Å². The minimum absolute atomic E-state index is 0.0127. The highest BCUT2D eigenvalue weighted by Crippen LogP contribution is 2.31. The molecule has 0 aromatic heterocycles. The van der Waals surface area contributed by atoms with E-state index in [-0.39, 0.29) is 17.0 Å². The van der Waals surface area contributed by atoms with Crippen molar-refractivity contribution in [3.05, 3.63) is 35.9 Å². The molecule has 0 amide bonds. The number of benzene rings is 1. The van der Waals surface area contributed by atoms with Gasteiger partial charge in [-0.15, -0.1) is 4.40 Å². The molecule has 1 aliphatic heterocycles. The fourth-order valence-electron chi connectivity index (χ4n) is 2.88. The number of thioether (sulfide) groups is 2. The van der Waals surface area contributed by atoms with Crippen LogP contribution in [0.2, 0.25) is 0 Å². The van der Waals surface area contributed by atoms with E-state index in [4.69, 9.17) is 14.0 Å². The second-order valence-electron chi connectivity index (χ2n) is 6.98. The van der Waals surface area contributed by atoms with E-state index in [1.165, 1.54) is 0 Å². The molecule has 10 nitrogen and oxygen atoms in total. The first-order valence-corrected chi connectivity index (χ1v) is 13.4. The summed E-state index contributed by atoms with van der Waals surface area (Å²) in [5, 5.41) is 30.7. The van der Waals surface area contributed by atoms with Crippen LogP contribution in [0, 0.1) is 0 Å². The van der Waals surface area contributed by atoms with Gasteiger partial charge in [0, 0.05) is 0 Å². The van der Waals surface area contributed by atoms with Gasteiger partial charge in [-0.05, 0) is 43.4 Å². The average molecular weight is 510 g/mol. The molecule has 5 atom stereocenters. The van der Waals surface area contributed by atoms with Gasteiger partial charge in [-0.25, -0.2) is 4.79 Å². The summed E-state index contributed by atoms with van der Waals surface area (Å²) in [6.07, 6.45) is -2.45. The van der Waals surface area contributed by atoms with Crippen LogP contribution < -0.4 is 0 Å². The lowest BCUT2D eigenvalue weighted by Crippen LogP contribution is -2.58. The number of hydrogen-bond donors (Lipinski definition) is 4. The quantitative estimate of drug-likeness (QED) is 0.117. The van der Waals surface area contributed by atoms with Crippen LogP contribution in [-0.2, 0) is 19.8 Å². The van der Waals surface area contributed by atoms with Gasteiger partial charge in [-0.2, -0.15) is 20.2 Å². The van der Waals surface area contributed by atoms with E-state index in [0.29, 0.717) is 6.42 Å². The average Bonchev–Trinajstić information content (AvgIpc) is 2.75. The van der Waals surface area contributed by atoms with E-state index in [1.54, 1.807) is 42.1 Å². The molecule has 0 radical (unpaired) electrons. The number of carbonyl (C=O) groups is 1. The molecule has 0 aliphatic carbocycles. The number of hydrogen-bond acceptors (Lipinski definition) is 10. The van der Waals surface area contributed by atoms with Gasteiger partial charge in [-0.3, -0.25) is 4.55 Å². The van der Waals surface area contributed by atoms with Crippen LogP contribution in [0.5, 0.6) is 0 Å². The molecule has 0 bridgehead atoms. The number of esters is 1. The lowest BCUT2D eigenvalue weighted by molar-refractivity contribution is -0.205. The van der Waals surface area contributed by atoms with Gasteiger partial charge < -0.3 is 24.8 Å². The third-order valence-electron chi connectivity index (χ3n) is 4.52. The van der Waals surface area contributed by atoms with Crippen molar-refractivity contribution in [1.82, 2.24) is 0 Å². The number of aliphatic hydroxyl groups excluding tert-OH is 3. The smallest absolute Gasteiger partial charge is 0.379 e. The van der Waals surface area contributed by atoms with Crippen molar-refractivity contribution in [2.45, 2.75) is 49.1 Å². The fourth-order valence-corrected chi connectivity index (χ4v) is 5.20. The summed E-state index contributed by atoms with van der Waals surface area (Å²) in [7, 11) is -4.68. The van der Waals surface area contributed by atoms with Crippen LogP contribution in [0.3, 0.4) is 0 Å². The molecule has 0 saturated carbocycles. The number of carbonyl (C=O) groups excluding carboxylic acids is 1. The zero-order chi connectivity index (χ0) is 23.7. The Morgan fingerprint density at radius 3 is 2.44 bits per heavy atom. The highest BCUT2D eigenvalue weighted by atomic mass is 32.2. The second kappa shape index (κ2) is 12.9. The third kappa shape index (κ3) is 8.63. The van der Waals surface area contributed by atoms with Crippen LogP contribution in [0.4, 0.5) is 0 Å². The summed E-state index contributed by atoms with van der Waals surface area (Å²) in [6, 6.07) is 8.14. The Morgan fingerprint density at radius 1 is 1.12 bits per heavy atom. The number of rotatable bonds is 10. The standard InChI is InChI=1S/C19H27NO9S3/c1-30-10-6-5-9-14(20-32(25,26)27)31-19-17(23)16(22)15(21)13(29-19)11-28-18(24)12-7-3-2-4-8-12/h2-4,7-8,13,15-17,19,21-23H,5-6,9-11H2,1H3,(H,25,26,27)/b20-14+/t13-,15-,16+,17-,19+/m1/s1. The van der Waals surface area contributed by atoms with Crippen molar-refractivity contribution in [3.8, 4) is 0 Å². The van der Waals surface area contributed by atoms with Crippen LogP contribution in [0.15, 0.2) is 34.7 Å². The van der Waals surface area contributed by atoms with Crippen molar-refractivity contribution in [2.24, 2.45) is 4.40 Å². The number of nitrogens with zero attached hydrogens (tertiary/aromatic N) is 1. The Hall–Kier alpha value is -1.19. The Bertz CT molecular complexity index is 866. The molecule has 1 aromatic carbocycles. The van der Waals surface area contributed by atoms with Crippen molar-refractivity contribution >= 4 is 44.8 Å². The summed E-state index contributed by atoms with van der Waals surface area (Å²) in [4.78, 5) is 12.1. The fraction of sp³-hybridized carbons (Fsp3) is 0.579. The van der Waals surface area contributed by atoms with Crippen LogP contribution in [0.25, 0.3) is 0 Å². The molecule has 0 unspecified atom stereocenters. The van der Waals surface area contributed by atoms with Crippen LogP contribution in [0.1, 0.15) is 29.6 Å². The summed E-state index contributed by atoms with van der Waals surface area (Å²) in [6.45, 7) is -0.408. The number of ether oxygens (including phenoxy) is 2. The van der Waals surface area contributed by atoms with Crippen molar-refractivity contribution in [3.63, 3.8) is 0 Å². The van der Waals surface area contributed by atoms with Gasteiger partial charge in [0.2, 0.25) is 0 Å². The predicted octanol–water partition coefficient (Wildman–Crippen LogP) is 1.12. The summed E-state index contributed by atoms with van der Waals surface area (Å²) in [5.41, 5.74) is -0.924. The Morgan fingerprint density at radius 2 is 1.81 bits per heavy atom. The van der Waals surface area contributed by atoms with E-state index in [9.17, 15) is 28.5 Å². The maximum Gasteiger partial charge on any atom is 0.379 e. The van der Waals surface area contributed by atoms with E-state index in [2.05, 4.69) is 4.40 Å². The van der Waals surface area contributed by atoms with E-state index < -0.39 is 52.7 Å². The highest BCUT2D eigenvalue weighted by molar-refractivity contribution is 8.14. The SMILES string of the molecule is CSCCCC/C(=N\S(=O)(=O)O)S[C@@H]1O[C@H](COC(=O)c2ccccc2)[C@@H](O)[C@H](O)[C@H]1O. The normalized spacial score (nSPS) is 26.7. The monoisotopic (exact) mass is 509 g/mol. The first-order valence-electron chi connectivity index (χ1n) is 9.76. The number of aliphatic hydroxyl groups is 3. The van der Waals surface area contributed by atoms with Gasteiger partial charge >= 0.3 is 16.3 Å².